The molecule has 0 radical (unpaired) electrons. The van der Waals surface area contributed by atoms with Gasteiger partial charge in [-0.3, -0.25) is 19.1 Å². The molecule has 2 heterocycles. The Morgan fingerprint density at radius 1 is 1.24 bits per heavy atom. The van der Waals surface area contributed by atoms with Gasteiger partial charge in [-0.2, -0.15) is 0 Å². The summed E-state index contributed by atoms with van der Waals surface area (Å²) in [7, 11) is 0. The van der Waals surface area contributed by atoms with E-state index >= 15 is 0 Å². The van der Waals surface area contributed by atoms with Crippen LogP contribution in [0.1, 0.15) is 6.42 Å². The number of benzene rings is 1. The van der Waals surface area contributed by atoms with E-state index in [1.807, 2.05) is 18.2 Å². The van der Waals surface area contributed by atoms with Gasteiger partial charge in [0.25, 0.3) is 5.56 Å². The maximum atomic E-state index is 12.5. The van der Waals surface area contributed by atoms with Gasteiger partial charge >= 0.3 is 0 Å². The highest BCUT2D eigenvalue weighted by Crippen LogP contribution is 2.06. The van der Waals surface area contributed by atoms with Gasteiger partial charge in [0.1, 0.15) is 0 Å². The third-order valence-electron chi connectivity index (χ3n) is 4.31. The van der Waals surface area contributed by atoms with Gasteiger partial charge in [-0.15, -0.1) is 0 Å². The number of H-pyrrole nitrogens is 1. The van der Waals surface area contributed by atoms with Crippen LogP contribution in [0, 0.1) is 4.77 Å². The molecule has 0 bridgehead atoms. The number of ether oxygens (including phenoxy) is 1. The van der Waals surface area contributed by atoms with E-state index in [0.717, 1.165) is 32.8 Å². The molecule has 0 aliphatic carbocycles. The van der Waals surface area contributed by atoms with Crippen LogP contribution in [0.5, 0.6) is 0 Å². The first kappa shape index (κ1) is 17.8. The van der Waals surface area contributed by atoms with Crippen molar-refractivity contribution in [1.82, 2.24) is 19.8 Å². The molecule has 0 saturated carbocycles. The van der Waals surface area contributed by atoms with Gasteiger partial charge in [-0.25, -0.2) is 0 Å². The van der Waals surface area contributed by atoms with E-state index in [-0.39, 0.29) is 24.4 Å². The molecule has 1 fully saturated rings. The first-order chi connectivity index (χ1) is 12.1. The molecule has 7 nitrogen and oxygen atoms in total. The molecule has 0 unspecified atom stereocenters. The Bertz CT molecular complexity index is 855. The highest BCUT2D eigenvalue weighted by Gasteiger charge is 2.11. The predicted molar refractivity (Wildman–Crippen MR) is 98.3 cm³/mol. The Morgan fingerprint density at radius 2 is 2.00 bits per heavy atom. The van der Waals surface area contributed by atoms with Crippen LogP contribution >= 0.6 is 12.2 Å². The van der Waals surface area contributed by atoms with Crippen molar-refractivity contribution in [3.63, 3.8) is 0 Å². The third kappa shape index (κ3) is 4.53. The molecule has 2 aromatic rings. The Hall–Kier alpha value is -2.03. The van der Waals surface area contributed by atoms with Gasteiger partial charge in [-0.1, -0.05) is 12.1 Å². The van der Waals surface area contributed by atoms with E-state index in [0.29, 0.717) is 22.2 Å². The molecule has 134 valence electrons. The number of fused-ring (bicyclic) bond motifs is 1. The summed E-state index contributed by atoms with van der Waals surface area (Å²) in [5, 5.41) is 3.47. The maximum absolute atomic E-state index is 12.5. The minimum Gasteiger partial charge on any atom is -0.379 e. The fourth-order valence-corrected chi connectivity index (χ4v) is 3.17. The molecule has 1 aliphatic rings. The number of hydrogen-bond acceptors (Lipinski definition) is 5. The summed E-state index contributed by atoms with van der Waals surface area (Å²) in [5.74, 6) is -0.0808. The Balaban J connectivity index is 1.54. The normalized spacial score (nSPS) is 15.4. The first-order valence-corrected chi connectivity index (χ1v) is 8.84. The summed E-state index contributed by atoms with van der Waals surface area (Å²) >= 11 is 5.25. The quantitative estimate of drug-likeness (QED) is 0.747. The average Bonchev–Trinajstić information content (AvgIpc) is 2.62. The van der Waals surface area contributed by atoms with Crippen molar-refractivity contribution in [2.24, 2.45) is 0 Å². The number of morpholine rings is 1. The van der Waals surface area contributed by atoms with Crippen LogP contribution in [0.25, 0.3) is 10.9 Å². The van der Waals surface area contributed by atoms with Gasteiger partial charge < -0.3 is 15.0 Å². The summed E-state index contributed by atoms with van der Waals surface area (Å²) in [6.07, 6.45) is 0.221. The van der Waals surface area contributed by atoms with Crippen molar-refractivity contribution >= 4 is 29.0 Å². The van der Waals surface area contributed by atoms with Gasteiger partial charge in [0.05, 0.1) is 24.1 Å². The zero-order valence-electron chi connectivity index (χ0n) is 14.0. The monoisotopic (exact) mass is 362 g/mol. The van der Waals surface area contributed by atoms with E-state index < -0.39 is 0 Å². The van der Waals surface area contributed by atoms with Crippen molar-refractivity contribution in [1.29, 1.82) is 0 Å². The molecule has 0 atom stereocenters. The highest BCUT2D eigenvalue weighted by molar-refractivity contribution is 7.71. The molecular formula is C17H22N4O3S. The van der Waals surface area contributed by atoms with Crippen LogP contribution in [0.3, 0.4) is 0 Å². The fraction of sp³-hybridized carbons (Fsp3) is 0.471. The summed E-state index contributed by atoms with van der Waals surface area (Å²) < 4.78 is 7.07. The molecule has 8 heteroatoms. The summed E-state index contributed by atoms with van der Waals surface area (Å²) in [4.78, 5) is 29.8. The lowest BCUT2D eigenvalue weighted by molar-refractivity contribution is -0.121. The second-order valence-corrected chi connectivity index (χ2v) is 6.37. The topological polar surface area (TPSA) is 79.4 Å². The molecular weight excluding hydrogens is 340 g/mol. The van der Waals surface area contributed by atoms with Crippen molar-refractivity contribution < 1.29 is 9.53 Å². The smallest absolute Gasteiger partial charge is 0.262 e. The SMILES string of the molecule is O=C(CCn1c(=S)[nH]c2ccccc2c1=O)NCCN1CCOCC1. The van der Waals surface area contributed by atoms with Crippen molar-refractivity contribution in [3.05, 3.63) is 39.4 Å². The lowest BCUT2D eigenvalue weighted by atomic mass is 10.2. The van der Waals surface area contributed by atoms with Crippen LogP contribution in [0.4, 0.5) is 0 Å². The number of aromatic amines is 1. The summed E-state index contributed by atoms with van der Waals surface area (Å²) in [5.41, 5.74) is 0.546. The number of amides is 1. The van der Waals surface area contributed by atoms with Gasteiger partial charge in [0, 0.05) is 39.1 Å². The second kappa shape index (κ2) is 8.37. The minimum absolute atomic E-state index is 0.0808. The zero-order chi connectivity index (χ0) is 17.6. The van der Waals surface area contributed by atoms with Crippen LogP contribution in [0.2, 0.25) is 0 Å². The highest BCUT2D eigenvalue weighted by atomic mass is 32.1. The van der Waals surface area contributed by atoms with E-state index in [2.05, 4.69) is 15.2 Å². The standard InChI is InChI=1S/C17H22N4O3S/c22-15(18-6-8-20-9-11-24-12-10-20)5-7-21-16(23)13-3-1-2-4-14(13)19-17(21)25/h1-4H,5-12H2,(H,18,22)(H,19,25). The van der Waals surface area contributed by atoms with Gasteiger partial charge in [0.15, 0.2) is 4.77 Å². The molecule has 1 amide bonds. The Kier molecular flexibility index (Phi) is 5.95. The van der Waals surface area contributed by atoms with Gasteiger partial charge in [-0.05, 0) is 24.4 Å². The summed E-state index contributed by atoms with van der Waals surface area (Å²) in [6, 6.07) is 7.22. The van der Waals surface area contributed by atoms with Gasteiger partial charge in [0.2, 0.25) is 5.91 Å². The van der Waals surface area contributed by atoms with Crippen LogP contribution < -0.4 is 10.9 Å². The molecule has 1 aromatic carbocycles. The molecule has 0 spiro atoms. The number of rotatable bonds is 6. The average molecular weight is 362 g/mol. The molecule has 1 saturated heterocycles. The molecule has 1 aromatic heterocycles. The number of hydrogen-bond donors (Lipinski definition) is 2. The van der Waals surface area contributed by atoms with Crippen molar-refractivity contribution in [3.8, 4) is 0 Å². The fourth-order valence-electron chi connectivity index (χ4n) is 2.88. The number of aromatic nitrogens is 2. The molecule has 2 N–H and O–H groups in total. The molecule has 1 aliphatic heterocycles. The van der Waals surface area contributed by atoms with Crippen LogP contribution in [-0.2, 0) is 16.1 Å². The number of nitrogens with zero attached hydrogens (tertiary/aromatic N) is 2. The van der Waals surface area contributed by atoms with Crippen molar-refractivity contribution in [2.75, 3.05) is 39.4 Å². The van der Waals surface area contributed by atoms with E-state index in [9.17, 15) is 9.59 Å². The largest absolute Gasteiger partial charge is 0.379 e. The minimum atomic E-state index is -0.166. The molecule has 25 heavy (non-hydrogen) atoms. The summed E-state index contributed by atoms with van der Waals surface area (Å²) in [6.45, 7) is 4.97. The molecule has 3 rings (SSSR count). The predicted octanol–water partition coefficient (Wildman–Crippen LogP) is 0.898. The van der Waals surface area contributed by atoms with Crippen molar-refractivity contribution in [2.45, 2.75) is 13.0 Å². The number of para-hydroxylation sites is 1. The second-order valence-electron chi connectivity index (χ2n) is 5.99. The Morgan fingerprint density at radius 3 is 2.80 bits per heavy atom. The lowest BCUT2D eigenvalue weighted by Gasteiger charge is -2.26. The Labute approximate surface area is 150 Å². The lowest BCUT2D eigenvalue weighted by Crippen LogP contribution is -2.41. The number of carbonyl (C=O) groups is 1. The zero-order valence-corrected chi connectivity index (χ0v) is 14.8. The third-order valence-corrected chi connectivity index (χ3v) is 4.63. The van der Waals surface area contributed by atoms with Crippen LogP contribution in [0.15, 0.2) is 29.1 Å². The number of nitrogens with one attached hydrogen (secondary N) is 2. The van der Waals surface area contributed by atoms with Crippen LogP contribution in [-0.4, -0.2) is 59.8 Å². The van der Waals surface area contributed by atoms with E-state index in [4.69, 9.17) is 17.0 Å². The maximum Gasteiger partial charge on any atom is 0.262 e. The van der Waals surface area contributed by atoms with E-state index in [1.54, 1.807) is 6.07 Å². The number of carbonyl (C=O) groups excluding carboxylic acids is 1. The van der Waals surface area contributed by atoms with E-state index in [1.165, 1.54) is 4.57 Å². The first-order valence-electron chi connectivity index (χ1n) is 8.44.